The lowest BCUT2D eigenvalue weighted by Crippen LogP contribution is -2.15. The number of benzene rings is 1. The van der Waals surface area contributed by atoms with Crippen LogP contribution in [0.4, 0.5) is 5.82 Å². The molecule has 0 saturated carbocycles. The van der Waals surface area contributed by atoms with Crippen LogP contribution in [-0.2, 0) is 0 Å². The summed E-state index contributed by atoms with van der Waals surface area (Å²) in [4.78, 5) is 19.1. The topological polar surface area (TPSA) is 74.1 Å². The van der Waals surface area contributed by atoms with Gasteiger partial charge >= 0.3 is 0 Å². The van der Waals surface area contributed by atoms with Gasteiger partial charge in [0.1, 0.15) is 17.2 Å². The number of imidazole rings is 1. The first kappa shape index (κ1) is 21.7. The maximum Gasteiger partial charge on any atom is 0.257 e. The van der Waals surface area contributed by atoms with Gasteiger partial charge in [-0.3, -0.25) is 9.20 Å². The number of hydrogen-bond acceptors (Lipinski definition) is 6. The number of anilines is 1. The first-order valence-electron chi connectivity index (χ1n) is 10.5. The largest absolute Gasteiger partial charge is 0.490 e. The molecule has 1 amide bonds. The molecule has 0 bridgehead atoms. The van der Waals surface area contributed by atoms with Gasteiger partial charge in [0, 0.05) is 11.8 Å². The molecular weight excluding hydrogens is 426 g/mol. The molecule has 0 saturated heterocycles. The van der Waals surface area contributed by atoms with Crippen LogP contribution in [0.25, 0.3) is 16.2 Å². The molecule has 0 fully saturated rings. The molecule has 7 nitrogen and oxygen atoms in total. The van der Waals surface area contributed by atoms with E-state index in [0.29, 0.717) is 48.5 Å². The number of aromatic nitrogens is 2. The Morgan fingerprint density at radius 1 is 1.00 bits per heavy atom. The second-order valence-corrected chi connectivity index (χ2v) is 7.72. The highest BCUT2D eigenvalue weighted by Gasteiger charge is 2.21. The second-order valence-electron chi connectivity index (χ2n) is 6.77. The van der Waals surface area contributed by atoms with Crippen molar-refractivity contribution in [1.29, 1.82) is 0 Å². The average Bonchev–Trinajstić information content (AvgIpc) is 3.44. The summed E-state index contributed by atoms with van der Waals surface area (Å²) in [7, 11) is 0. The molecule has 4 aromatic rings. The number of rotatable bonds is 9. The summed E-state index contributed by atoms with van der Waals surface area (Å²) in [5.74, 6) is 1.77. The Morgan fingerprint density at radius 2 is 1.72 bits per heavy atom. The van der Waals surface area contributed by atoms with Gasteiger partial charge in [0.2, 0.25) is 5.75 Å². The minimum Gasteiger partial charge on any atom is -0.490 e. The van der Waals surface area contributed by atoms with Crippen molar-refractivity contribution >= 4 is 28.7 Å². The predicted molar refractivity (Wildman–Crippen MR) is 126 cm³/mol. The number of nitrogens with zero attached hydrogens (tertiary/aromatic N) is 2. The smallest absolute Gasteiger partial charge is 0.257 e. The van der Waals surface area contributed by atoms with Crippen molar-refractivity contribution in [2.45, 2.75) is 20.8 Å². The lowest BCUT2D eigenvalue weighted by atomic mass is 10.1. The molecule has 3 heterocycles. The van der Waals surface area contributed by atoms with Gasteiger partial charge in [-0.05, 0) is 56.5 Å². The molecule has 0 aliphatic carbocycles. The van der Waals surface area contributed by atoms with E-state index in [1.807, 2.05) is 67.1 Å². The maximum atomic E-state index is 13.4. The van der Waals surface area contributed by atoms with Gasteiger partial charge in [-0.2, -0.15) is 0 Å². The zero-order chi connectivity index (χ0) is 22.5. The monoisotopic (exact) mass is 451 g/mol. The van der Waals surface area contributed by atoms with Crippen LogP contribution in [0.5, 0.6) is 17.2 Å². The lowest BCUT2D eigenvalue weighted by Gasteiger charge is -2.17. The molecular formula is C24H25N3O4S. The zero-order valence-corrected chi connectivity index (χ0v) is 19.1. The number of fused-ring (bicyclic) bond motifs is 1. The van der Waals surface area contributed by atoms with Crippen molar-refractivity contribution in [3.05, 3.63) is 59.6 Å². The molecule has 3 aromatic heterocycles. The van der Waals surface area contributed by atoms with Gasteiger partial charge in [-0.25, -0.2) is 4.98 Å². The number of nitrogens with one attached hydrogen (secondary N) is 1. The van der Waals surface area contributed by atoms with Gasteiger partial charge in [0.05, 0.1) is 24.7 Å². The van der Waals surface area contributed by atoms with Crippen molar-refractivity contribution in [3.8, 4) is 27.8 Å². The highest BCUT2D eigenvalue weighted by Crippen LogP contribution is 2.40. The van der Waals surface area contributed by atoms with Crippen molar-refractivity contribution in [2.75, 3.05) is 25.1 Å². The summed E-state index contributed by atoms with van der Waals surface area (Å²) in [6.45, 7) is 6.99. The third kappa shape index (κ3) is 4.27. The number of amides is 1. The fourth-order valence-corrected chi connectivity index (χ4v) is 4.11. The summed E-state index contributed by atoms with van der Waals surface area (Å²) in [5, 5.41) is 5.03. The highest BCUT2D eigenvalue weighted by molar-refractivity contribution is 7.13. The van der Waals surface area contributed by atoms with Crippen LogP contribution in [0.15, 0.2) is 54.0 Å². The van der Waals surface area contributed by atoms with Crippen LogP contribution >= 0.6 is 11.3 Å². The summed E-state index contributed by atoms with van der Waals surface area (Å²) >= 11 is 1.57. The van der Waals surface area contributed by atoms with E-state index < -0.39 is 0 Å². The number of hydrogen-bond donors (Lipinski definition) is 1. The molecule has 0 unspecified atom stereocenters. The van der Waals surface area contributed by atoms with E-state index in [9.17, 15) is 4.79 Å². The van der Waals surface area contributed by atoms with Gasteiger partial charge < -0.3 is 19.5 Å². The molecule has 0 aliphatic heterocycles. The van der Waals surface area contributed by atoms with E-state index in [2.05, 4.69) is 5.32 Å². The Morgan fingerprint density at radius 3 is 2.34 bits per heavy atom. The predicted octanol–water partition coefficient (Wildman–Crippen LogP) is 5.51. The van der Waals surface area contributed by atoms with Crippen LogP contribution in [0.1, 0.15) is 31.1 Å². The van der Waals surface area contributed by atoms with Gasteiger partial charge in [0.15, 0.2) is 11.5 Å². The quantitative estimate of drug-likeness (QED) is 0.363. The molecule has 0 atom stereocenters. The Kier molecular flexibility index (Phi) is 6.61. The van der Waals surface area contributed by atoms with Gasteiger partial charge in [-0.1, -0.05) is 12.1 Å². The van der Waals surface area contributed by atoms with Crippen molar-refractivity contribution in [3.63, 3.8) is 0 Å². The fraction of sp³-hybridized carbons (Fsp3) is 0.250. The van der Waals surface area contributed by atoms with Crippen LogP contribution in [-0.4, -0.2) is 35.1 Å². The minimum absolute atomic E-state index is 0.293. The highest BCUT2D eigenvalue weighted by atomic mass is 32.1. The third-order valence-electron chi connectivity index (χ3n) is 4.69. The maximum absolute atomic E-state index is 13.4. The van der Waals surface area contributed by atoms with Crippen LogP contribution in [0.2, 0.25) is 0 Å². The Labute approximate surface area is 190 Å². The van der Waals surface area contributed by atoms with Crippen molar-refractivity contribution < 1.29 is 19.0 Å². The van der Waals surface area contributed by atoms with Crippen molar-refractivity contribution in [2.24, 2.45) is 0 Å². The minimum atomic E-state index is -0.293. The molecule has 8 heteroatoms. The fourth-order valence-electron chi connectivity index (χ4n) is 3.40. The Hall–Kier alpha value is -3.52. The van der Waals surface area contributed by atoms with E-state index >= 15 is 0 Å². The molecule has 4 rings (SSSR count). The lowest BCUT2D eigenvalue weighted by molar-refractivity contribution is 0.102. The number of carbonyl (C=O) groups is 1. The number of pyridine rings is 1. The van der Waals surface area contributed by atoms with Crippen LogP contribution in [0.3, 0.4) is 0 Å². The number of thiophene rings is 1. The van der Waals surface area contributed by atoms with E-state index in [4.69, 9.17) is 19.2 Å². The first-order valence-corrected chi connectivity index (χ1v) is 11.4. The van der Waals surface area contributed by atoms with E-state index in [0.717, 1.165) is 16.2 Å². The van der Waals surface area contributed by atoms with E-state index in [1.54, 1.807) is 23.5 Å². The normalized spacial score (nSPS) is 10.8. The molecule has 0 aliphatic rings. The molecule has 0 radical (unpaired) electrons. The summed E-state index contributed by atoms with van der Waals surface area (Å²) in [5.41, 5.74) is 1.88. The summed E-state index contributed by atoms with van der Waals surface area (Å²) in [6, 6.07) is 13.0. The SMILES string of the molecule is CCOc1cc(C(=O)Nc2c(-c3cccs3)nc3ccccn23)cc(OCC)c1OCC. The molecule has 0 spiro atoms. The van der Waals surface area contributed by atoms with Gasteiger partial charge in [0.25, 0.3) is 5.91 Å². The molecule has 1 aromatic carbocycles. The van der Waals surface area contributed by atoms with E-state index in [-0.39, 0.29) is 5.91 Å². The first-order chi connectivity index (χ1) is 15.7. The number of ether oxygens (including phenoxy) is 3. The zero-order valence-electron chi connectivity index (χ0n) is 18.3. The molecule has 1 N–H and O–H groups in total. The van der Waals surface area contributed by atoms with Gasteiger partial charge in [-0.15, -0.1) is 11.3 Å². The molecule has 166 valence electrons. The molecule has 32 heavy (non-hydrogen) atoms. The summed E-state index contributed by atoms with van der Waals surface area (Å²) in [6.07, 6.45) is 1.88. The van der Waals surface area contributed by atoms with Crippen LogP contribution in [0, 0.1) is 0 Å². The second kappa shape index (κ2) is 9.74. The average molecular weight is 452 g/mol. The number of carbonyl (C=O) groups excluding carboxylic acids is 1. The van der Waals surface area contributed by atoms with Crippen LogP contribution < -0.4 is 19.5 Å². The van der Waals surface area contributed by atoms with E-state index in [1.165, 1.54) is 0 Å². The Bertz CT molecular complexity index is 1190. The third-order valence-corrected chi connectivity index (χ3v) is 5.56. The summed E-state index contributed by atoms with van der Waals surface area (Å²) < 4.78 is 19.1. The standard InChI is InChI=1S/C24H25N3O4S/c1-4-29-17-14-16(15-18(30-5-2)22(17)31-6-3)24(28)26-23-21(19-10-9-13-32-19)25-20-11-7-8-12-27(20)23/h7-15H,4-6H2,1-3H3,(H,26,28). The van der Waals surface area contributed by atoms with Crippen molar-refractivity contribution in [1.82, 2.24) is 9.38 Å². The Balaban J connectivity index is 1.76.